The molecule has 0 bridgehead atoms. The summed E-state index contributed by atoms with van der Waals surface area (Å²) in [6, 6.07) is 0. The molecule has 30 heavy (non-hydrogen) atoms. The lowest BCUT2D eigenvalue weighted by atomic mass is 10.0. The Morgan fingerprint density at radius 3 is 0.967 bits per heavy atom. The van der Waals surface area contributed by atoms with E-state index in [4.69, 9.17) is 5.11 Å². The maximum atomic E-state index is 8.84. The van der Waals surface area contributed by atoms with Gasteiger partial charge in [0.1, 0.15) is 0 Å². The van der Waals surface area contributed by atoms with Crippen LogP contribution >= 0.6 is 0 Å². The highest BCUT2D eigenvalue weighted by Gasteiger charge is 1.98. The number of aliphatic hydroxyl groups excluding tert-OH is 1. The second kappa shape index (κ2) is 27.0. The summed E-state index contributed by atoms with van der Waals surface area (Å²) in [5, 5.41) is 8.84. The Morgan fingerprint density at radius 1 is 0.400 bits per heavy atom. The number of unbranched alkanes of at least 4 members (excludes halogenated alkanes) is 21. The molecule has 0 spiro atoms. The van der Waals surface area contributed by atoms with Gasteiger partial charge in [0.2, 0.25) is 0 Å². The molecule has 0 heterocycles. The van der Waals surface area contributed by atoms with Crippen molar-refractivity contribution in [3.63, 3.8) is 0 Å². The third-order valence-electron chi connectivity index (χ3n) is 6.59. The van der Waals surface area contributed by atoms with E-state index in [1.165, 1.54) is 148 Å². The van der Waals surface area contributed by atoms with Crippen LogP contribution in [0.15, 0.2) is 0 Å². The quantitative estimate of drug-likeness (QED) is 0.140. The zero-order chi connectivity index (χ0) is 22.0. The van der Waals surface area contributed by atoms with E-state index in [1.54, 1.807) is 0 Å². The Morgan fingerprint density at radius 2 is 0.667 bits per heavy atom. The summed E-state index contributed by atoms with van der Waals surface area (Å²) in [4.78, 5) is 2.35. The second-order valence-corrected chi connectivity index (χ2v) is 9.81. The Balaban J connectivity index is 3.03. The van der Waals surface area contributed by atoms with Gasteiger partial charge in [-0.15, -0.1) is 0 Å². The van der Waals surface area contributed by atoms with E-state index < -0.39 is 0 Å². The standard InChI is InChI=1S/C28H59NO/c1-3-4-5-6-7-8-9-10-11-12-13-14-15-16-17-18-19-20-21-22-23-24-26-29(2)27-25-28-30/h30H,3-28H2,1-2H3. The summed E-state index contributed by atoms with van der Waals surface area (Å²) < 4.78 is 0. The Labute approximate surface area is 191 Å². The molecule has 0 radical (unpaired) electrons. The van der Waals surface area contributed by atoms with Gasteiger partial charge in [-0.05, 0) is 26.4 Å². The molecule has 0 aromatic carbocycles. The normalized spacial score (nSPS) is 11.6. The van der Waals surface area contributed by atoms with Crippen molar-refractivity contribution in [2.24, 2.45) is 0 Å². The Kier molecular flexibility index (Phi) is 26.9. The van der Waals surface area contributed by atoms with E-state index in [9.17, 15) is 0 Å². The van der Waals surface area contributed by atoms with E-state index in [1.807, 2.05) is 0 Å². The first kappa shape index (κ1) is 29.9. The maximum absolute atomic E-state index is 8.84. The lowest BCUT2D eigenvalue weighted by molar-refractivity contribution is 0.245. The van der Waals surface area contributed by atoms with Crippen molar-refractivity contribution in [3.8, 4) is 0 Å². The average molecular weight is 426 g/mol. The molecule has 0 fully saturated rings. The predicted molar refractivity (Wildman–Crippen MR) is 136 cm³/mol. The zero-order valence-electron chi connectivity index (χ0n) is 21.3. The van der Waals surface area contributed by atoms with Crippen LogP contribution in [0, 0.1) is 0 Å². The van der Waals surface area contributed by atoms with Crippen LogP contribution in [0.1, 0.15) is 155 Å². The van der Waals surface area contributed by atoms with Crippen LogP contribution in [0.5, 0.6) is 0 Å². The minimum absolute atomic E-state index is 0.323. The Bertz CT molecular complexity index is 294. The number of aliphatic hydroxyl groups is 1. The molecule has 0 rings (SSSR count). The molecule has 2 heteroatoms. The number of nitrogens with zero attached hydrogens (tertiary/aromatic N) is 1. The molecule has 0 aliphatic carbocycles. The molecule has 0 atom stereocenters. The summed E-state index contributed by atoms with van der Waals surface area (Å²) in [6.07, 6.45) is 32.8. The summed E-state index contributed by atoms with van der Waals surface area (Å²) in [5.74, 6) is 0. The van der Waals surface area contributed by atoms with Gasteiger partial charge in [0.05, 0.1) is 0 Å². The van der Waals surface area contributed by atoms with Gasteiger partial charge in [-0.3, -0.25) is 0 Å². The van der Waals surface area contributed by atoms with Crippen molar-refractivity contribution in [1.29, 1.82) is 0 Å². The molecular formula is C28H59NO. The van der Waals surface area contributed by atoms with Gasteiger partial charge in [-0.25, -0.2) is 0 Å². The molecular weight excluding hydrogens is 366 g/mol. The Hall–Kier alpha value is -0.0800. The van der Waals surface area contributed by atoms with Gasteiger partial charge < -0.3 is 10.0 Å². The summed E-state index contributed by atoms with van der Waals surface area (Å²) >= 11 is 0. The molecule has 0 aliphatic heterocycles. The number of hydrogen-bond acceptors (Lipinski definition) is 2. The fraction of sp³-hybridized carbons (Fsp3) is 1.00. The van der Waals surface area contributed by atoms with E-state index in [2.05, 4.69) is 18.9 Å². The van der Waals surface area contributed by atoms with Crippen LogP contribution in [0.3, 0.4) is 0 Å². The van der Waals surface area contributed by atoms with Gasteiger partial charge in [0.25, 0.3) is 0 Å². The first-order chi connectivity index (χ1) is 14.8. The SMILES string of the molecule is CCCCCCCCCCCCCCCCCCCCCCCCN(C)CCCO. The minimum atomic E-state index is 0.323. The molecule has 0 aliphatic rings. The minimum Gasteiger partial charge on any atom is -0.396 e. The fourth-order valence-corrected chi connectivity index (χ4v) is 4.44. The van der Waals surface area contributed by atoms with Crippen LogP contribution < -0.4 is 0 Å². The molecule has 2 nitrogen and oxygen atoms in total. The lowest BCUT2D eigenvalue weighted by Crippen LogP contribution is -2.21. The monoisotopic (exact) mass is 425 g/mol. The van der Waals surface area contributed by atoms with Crippen molar-refractivity contribution < 1.29 is 5.11 Å². The maximum Gasteiger partial charge on any atom is 0.0443 e. The first-order valence-corrected chi connectivity index (χ1v) is 14.1. The molecule has 182 valence electrons. The molecule has 1 N–H and O–H groups in total. The van der Waals surface area contributed by atoms with E-state index in [0.29, 0.717) is 6.61 Å². The lowest BCUT2D eigenvalue weighted by Gasteiger charge is -2.15. The van der Waals surface area contributed by atoms with Crippen molar-refractivity contribution in [1.82, 2.24) is 4.90 Å². The molecule has 0 aromatic heterocycles. The fourth-order valence-electron chi connectivity index (χ4n) is 4.44. The van der Waals surface area contributed by atoms with Gasteiger partial charge in [-0.1, -0.05) is 142 Å². The second-order valence-electron chi connectivity index (χ2n) is 9.81. The summed E-state index contributed by atoms with van der Waals surface area (Å²) in [7, 11) is 2.17. The highest BCUT2D eigenvalue weighted by Crippen LogP contribution is 2.15. The van der Waals surface area contributed by atoms with Crippen molar-refractivity contribution in [2.75, 3.05) is 26.7 Å². The summed E-state index contributed by atoms with van der Waals surface area (Å²) in [5.41, 5.74) is 0. The number of rotatable bonds is 26. The highest BCUT2D eigenvalue weighted by molar-refractivity contribution is 4.54. The van der Waals surface area contributed by atoms with Gasteiger partial charge in [0, 0.05) is 13.2 Å². The average Bonchev–Trinajstić information content (AvgIpc) is 2.75. The van der Waals surface area contributed by atoms with Crippen molar-refractivity contribution in [2.45, 2.75) is 155 Å². The van der Waals surface area contributed by atoms with Gasteiger partial charge >= 0.3 is 0 Å². The third-order valence-corrected chi connectivity index (χ3v) is 6.59. The molecule has 0 amide bonds. The molecule has 0 saturated carbocycles. The number of hydrogen-bond donors (Lipinski definition) is 1. The van der Waals surface area contributed by atoms with Crippen molar-refractivity contribution >= 4 is 0 Å². The van der Waals surface area contributed by atoms with E-state index >= 15 is 0 Å². The van der Waals surface area contributed by atoms with Crippen LogP contribution in [0.25, 0.3) is 0 Å². The van der Waals surface area contributed by atoms with Gasteiger partial charge in [0.15, 0.2) is 0 Å². The predicted octanol–water partition coefficient (Wildman–Crippen LogP) is 8.90. The van der Waals surface area contributed by atoms with Crippen LogP contribution in [-0.4, -0.2) is 36.8 Å². The van der Waals surface area contributed by atoms with E-state index in [-0.39, 0.29) is 0 Å². The van der Waals surface area contributed by atoms with Crippen LogP contribution in [0.4, 0.5) is 0 Å². The molecule has 0 aromatic rings. The zero-order valence-corrected chi connectivity index (χ0v) is 21.3. The van der Waals surface area contributed by atoms with Gasteiger partial charge in [-0.2, -0.15) is 0 Å². The van der Waals surface area contributed by atoms with E-state index in [0.717, 1.165) is 13.0 Å². The topological polar surface area (TPSA) is 23.5 Å². The largest absolute Gasteiger partial charge is 0.396 e. The molecule has 0 saturated heterocycles. The van der Waals surface area contributed by atoms with Crippen LogP contribution in [-0.2, 0) is 0 Å². The first-order valence-electron chi connectivity index (χ1n) is 14.1. The smallest absolute Gasteiger partial charge is 0.0443 e. The summed E-state index contributed by atoms with van der Waals surface area (Å²) in [6.45, 7) is 4.85. The molecule has 0 unspecified atom stereocenters. The highest BCUT2D eigenvalue weighted by atomic mass is 16.3. The van der Waals surface area contributed by atoms with Crippen LogP contribution in [0.2, 0.25) is 0 Å². The van der Waals surface area contributed by atoms with Crippen molar-refractivity contribution in [3.05, 3.63) is 0 Å². The third kappa shape index (κ3) is 26.0.